The predicted octanol–water partition coefficient (Wildman–Crippen LogP) is 2.01. The molecule has 0 saturated carbocycles. The lowest BCUT2D eigenvalue weighted by molar-refractivity contribution is -0.120. The summed E-state index contributed by atoms with van der Waals surface area (Å²) in [4.78, 5) is 19.2. The quantitative estimate of drug-likeness (QED) is 0.799. The number of carbonyl (C=O) groups is 1. The largest absolute Gasteiger partial charge is 0.345 e. The third kappa shape index (κ3) is 2.88. The molecule has 1 aromatic heterocycles. The van der Waals surface area contributed by atoms with Gasteiger partial charge in [-0.3, -0.25) is 4.79 Å². The predicted molar refractivity (Wildman–Crippen MR) is 78.2 cm³/mol. The number of aromatic amines is 1. The fourth-order valence-corrected chi connectivity index (χ4v) is 2.48. The van der Waals surface area contributed by atoms with Crippen molar-refractivity contribution in [2.24, 2.45) is 5.92 Å². The van der Waals surface area contributed by atoms with Gasteiger partial charge in [-0.05, 0) is 43.6 Å². The number of piperidine rings is 1. The summed E-state index contributed by atoms with van der Waals surface area (Å²) in [6.45, 7) is 1.85. The van der Waals surface area contributed by atoms with Crippen molar-refractivity contribution in [1.29, 1.82) is 0 Å². The molecule has 1 aliphatic heterocycles. The highest BCUT2D eigenvalue weighted by Crippen LogP contribution is 2.20. The van der Waals surface area contributed by atoms with Crippen LogP contribution < -0.4 is 10.6 Å². The Morgan fingerprint density at radius 1 is 1.20 bits per heavy atom. The minimum atomic E-state index is 0.126. The van der Waals surface area contributed by atoms with Crippen LogP contribution in [0.5, 0.6) is 0 Å². The van der Waals surface area contributed by atoms with Crippen molar-refractivity contribution in [2.45, 2.75) is 12.8 Å². The highest BCUT2D eigenvalue weighted by Gasteiger charge is 2.20. The van der Waals surface area contributed by atoms with Crippen LogP contribution in [0.2, 0.25) is 0 Å². The second-order valence-electron chi connectivity index (χ2n) is 5.06. The molecule has 0 aliphatic carbocycles. The molecule has 0 spiro atoms. The number of H-pyrrole nitrogens is 1. The van der Waals surface area contributed by atoms with E-state index in [1.165, 1.54) is 0 Å². The van der Waals surface area contributed by atoms with Gasteiger partial charge in [0.2, 0.25) is 5.91 Å². The Kier molecular flexibility index (Phi) is 3.78. The molecule has 0 unspecified atom stereocenters. The number of anilines is 1. The fraction of sp³-hybridized carbons (Fsp3) is 0.333. The van der Waals surface area contributed by atoms with E-state index >= 15 is 0 Å². The lowest BCUT2D eigenvalue weighted by Gasteiger charge is -2.21. The number of nitrogens with zero attached hydrogens (tertiary/aromatic N) is 1. The third-order valence-electron chi connectivity index (χ3n) is 3.67. The van der Waals surface area contributed by atoms with Crippen LogP contribution in [0.3, 0.4) is 0 Å². The van der Waals surface area contributed by atoms with E-state index < -0.39 is 0 Å². The molecule has 0 atom stereocenters. The highest BCUT2D eigenvalue weighted by molar-refractivity contribution is 5.92. The first-order valence-corrected chi connectivity index (χ1v) is 6.93. The summed E-state index contributed by atoms with van der Waals surface area (Å²) in [5.41, 5.74) is 2.88. The average molecular weight is 270 g/mol. The molecular weight excluding hydrogens is 252 g/mol. The monoisotopic (exact) mass is 270 g/mol. The van der Waals surface area contributed by atoms with Crippen molar-refractivity contribution in [3.05, 3.63) is 36.8 Å². The minimum absolute atomic E-state index is 0.126. The molecule has 5 heteroatoms. The Morgan fingerprint density at radius 2 is 1.95 bits per heavy atom. The molecule has 20 heavy (non-hydrogen) atoms. The zero-order valence-electron chi connectivity index (χ0n) is 11.2. The number of aromatic nitrogens is 2. The van der Waals surface area contributed by atoms with Crippen LogP contribution in [-0.2, 0) is 4.79 Å². The van der Waals surface area contributed by atoms with Crippen LogP contribution >= 0.6 is 0 Å². The van der Waals surface area contributed by atoms with Crippen molar-refractivity contribution >= 4 is 11.6 Å². The molecule has 3 N–H and O–H groups in total. The van der Waals surface area contributed by atoms with Gasteiger partial charge >= 0.3 is 0 Å². The van der Waals surface area contributed by atoms with Crippen molar-refractivity contribution in [3.63, 3.8) is 0 Å². The van der Waals surface area contributed by atoms with Gasteiger partial charge in [0.25, 0.3) is 0 Å². The minimum Gasteiger partial charge on any atom is -0.345 e. The summed E-state index contributed by atoms with van der Waals surface area (Å²) in [6, 6.07) is 7.81. The van der Waals surface area contributed by atoms with E-state index in [-0.39, 0.29) is 11.8 Å². The molecule has 0 bridgehead atoms. The molecule has 3 rings (SSSR count). The van der Waals surface area contributed by atoms with Crippen LogP contribution in [0.1, 0.15) is 12.8 Å². The Balaban J connectivity index is 1.64. The van der Waals surface area contributed by atoms with Crippen molar-refractivity contribution in [1.82, 2.24) is 15.3 Å². The molecular formula is C15H18N4O. The van der Waals surface area contributed by atoms with Gasteiger partial charge in [0, 0.05) is 11.6 Å². The van der Waals surface area contributed by atoms with Crippen LogP contribution in [-0.4, -0.2) is 29.0 Å². The van der Waals surface area contributed by atoms with Crippen molar-refractivity contribution < 1.29 is 4.79 Å². The Labute approximate surface area is 117 Å². The second-order valence-corrected chi connectivity index (χ2v) is 5.06. The molecule has 1 saturated heterocycles. The van der Waals surface area contributed by atoms with Gasteiger partial charge in [0.1, 0.15) is 0 Å². The number of rotatable bonds is 3. The van der Waals surface area contributed by atoms with Crippen molar-refractivity contribution in [3.8, 4) is 11.3 Å². The smallest absolute Gasteiger partial charge is 0.227 e. The molecule has 104 valence electrons. The maximum absolute atomic E-state index is 12.1. The van der Waals surface area contributed by atoms with E-state index in [9.17, 15) is 4.79 Å². The highest BCUT2D eigenvalue weighted by atomic mass is 16.1. The van der Waals surface area contributed by atoms with Gasteiger partial charge in [0.05, 0.1) is 18.2 Å². The number of benzene rings is 1. The maximum atomic E-state index is 12.1. The zero-order valence-corrected chi connectivity index (χ0v) is 11.2. The van der Waals surface area contributed by atoms with Gasteiger partial charge < -0.3 is 15.6 Å². The van der Waals surface area contributed by atoms with E-state index in [0.717, 1.165) is 42.9 Å². The average Bonchev–Trinajstić information content (AvgIpc) is 3.03. The van der Waals surface area contributed by atoms with E-state index in [2.05, 4.69) is 20.6 Å². The maximum Gasteiger partial charge on any atom is 0.227 e. The Bertz CT molecular complexity index is 556. The molecule has 1 aliphatic rings. The molecule has 1 aromatic carbocycles. The zero-order chi connectivity index (χ0) is 13.8. The number of nitrogens with one attached hydrogen (secondary N) is 3. The lowest BCUT2D eigenvalue weighted by Crippen LogP contribution is -2.34. The molecule has 1 amide bonds. The standard InChI is InChI=1S/C15H18N4O/c20-15(12-5-7-16-8-6-12)19-13-3-1-11(2-4-13)14-9-17-10-18-14/h1-4,9-10,12,16H,5-8H2,(H,17,18)(H,19,20). The molecule has 2 aromatic rings. The normalized spacial score (nSPS) is 16.0. The molecule has 2 heterocycles. The molecule has 5 nitrogen and oxygen atoms in total. The first kappa shape index (κ1) is 12.9. The summed E-state index contributed by atoms with van der Waals surface area (Å²) in [5, 5.41) is 6.26. The Hall–Kier alpha value is -2.14. The van der Waals surface area contributed by atoms with E-state index in [4.69, 9.17) is 0 Å². The van der Waals surface area contributed by atoms with Gasteiger partial charge in [-0.2, -0.15) is 0 Å². The second kappa shape index (κ2) is 5.88. The van der Waals surface area contributed by atoms with E-state index in [0.29, 0.717) is 0 Å². The van der Waals surface area contributed by atoms with Gasteiger partial charge in [-0.15, -0.1) is 0 Å². The van der Waals surface area contributed by atoms with E-state index in [1.807, 2.05) is 24.3 Å². The van der Waals surface area contributed by atoms with Gasteiger partial charge in [-0.25, -0.2) is 4.98 Å². The first-order chi connectivity index (χ1) is 9.83. The number of hydrogen-bond acceptors (Lipinski definition) is 3. The number of imidazole rings is 1. The van der Waals surface area contributed by atoms with Crippen LogP contribution in [0.15, 0.2) is 36.8 Å². The summed E-state index contributed by atoms with van der Waals surface area (Å²) in [7, 11) is 0. The number of carbonyl (C=O) groups excluding carboxylic acids is 1. The summed E-state index contributed by atoms with van der Waals surface area (Å²) >= 11 is 0. The van der Waals surface area contributed by atoms with E-state index in [1.54, 1.807) is 12.5 Å². The van der Waals surface area contributed by atoms with Crippen LogP contribution in [0, 0.1) is 5.92 Å². The van der Waals surface area contributed by atoms with Gasteiger partial charge in [-0.1, -0.05) is 12.1 Å². The third-order valence-corrected chi connectivity index (χ3v) is 3.67. The lowest BCUT2D eigenvalue weighted by atomic mass is 9.97. The fourth-order valence-electron chi connectivity index (χ4n) is 2.48. The van der Waals surface area contributed by atoms with Crippen molar-refractivity contribution in [2.75, 3.05) is 18.4 Å². The number of amides is 1. The molecule has 1 fully saturated rings. The summed E-state index contributed by atoms with van der Waals surface area (Å²) in [6.07, 6.45) is 5.26. The summed E-state index contributed by atoms with van der Waals surface area (Å²) in [5.74, 6) is 0.254. The van der Waals surface area contributed by atoms with Crippen LogP contribution in [0.25, 0.3) is 11.3 Å². The topological polar surface area (TPSA) is 69.8 Å². The SMILES string of the molecule is O=C(Nc1ccc(-c2cnc[nH]2)cc1)C1CCNCC1. The Morgan fingerprint density at radius 3 is 2.60 bits per heavy atom. The summed E-state index contributed by atoms with van der Waals surface area (Å²) < 4.78 is 0. The van der Waals surface area contributed by atoms with Crippen LogP contribution in [0.4, 0.5) is 5.69 Å². The number of hydrogen-bond donors (Lipinski definition) is 3. The molecule has 0 radical (unpaired) electrons. The first-order valence-electron chi connectivity index (χ1n) is 6.93. The van der Waals surface area contributed by atoms with Gasteiger partial charge in [0.15, 0.2) is 0 Å².